The fourth-order valence-electron chi connectivity index (χ4n) is 7.80. The first-order valence-electron chi connectivity index (χ1n) is 22.5. The van der Waals surface area contributed by atoms with E-state index in [4.69, 9.17) is 0 Å². The zero-order chi connectivity index (χ0) is 52.0. The molecule has 0 unspecified atom stereocenters. The van der Waals surface area contributed by atoms with Crippen molar-refractivity contribution in [1.82, 2.24) is 39.9 Å². The number of nitrogens with zero attached hydrogens (tertiary/aromatic N) is 8. The van der Waals surface area contributed by atoms with Crippen LogP contribution in [0.5, 0.6) is 0 Å². The summed E-state index contributed by atoms with van der Waals surface area (Å²) in [7, 11) is -9.77. The van der Waals surface area contributed by atoms with Crippen molar-refractivity contribution in [3.8, 4) is 0 Å². The molecule has 28 heteroatoms. The molecule has 12 aromatic rings. The quantitative estimate of drug-likeness (QED) is 0.0253. The SMILES string of the molecule is O=S(=O)(O)c1cc(Nc2cc(Nc3nc4ccccc4s3)nc(Nc3nc4ccccc4s3)n2)ccc1C=Cc1ccc(Nc2cc(Nc3nc4ccccc4s3)nc(Nc3nc4ccccc4s3)n2)cc1S(=O)(=O)O.[NaH].[NaH]. The first-order chi connectivity index (χ1) is 36.8. The number of hydrogen-bond acceptors (Lipinski definition) is 22. The molecule has 6 aromatic heterocycles. The van der Waals surface area contributed by atoms with Gasteiger partial charge in [0.2, 0.25) is 11.9 Å². The average Bonchev–Trinajstić information content (AvgIpc) is 4.28. The first kappa shape index (κ1) is 54.7. The van der Waals surface area contributed by atoms with Crippen molar-refractivity contribution in [2.75, 3.05) is 31.9 Å². The third kappa shape index (κ3) is 12.6. The first-order valence-corrected chi connectivity index (χ1v) is 28.6. The fraction of sp³-hybridized carbons (Fsp3) is 0. The maximum absolute atomic E-state index is 13.0. The molecule has 0 aliphatic rings. The fourth-order valence-corrected chi connectivity index (χ4v) is 12.7. The summed E-state index contributed by atoms with van der Waals surface area (Å²) >= 11 is 5.69. The summed E-state index contributed by atoms with van der Waals surface area (Å²) in [6.45, 7) is 0. The van der Waals surface area contributed by atoms with E-state index >= 15 is 0 Å². The Balaban J connectivity index is 0.00000344. The number of rotatable bonds is 16. The Morgan fingerprint density at radius 1 is 0.359 bits per heavy atom. The Hall–Kier alpha value is -6.60. The van der Waals surface area contributed by atoms with Crippen LogP contribution in [0.1, 0.15) is 11.1 Å². The molecule has 0 aliphatic heterocycles. The predicted octanol–water partition coefficient (Wildman–Crippen LogP) is 11.5. The van der Waals surface area contributed by atoms with Gasteiger partial charge >= 0.3 is 59.1 Å². The van der Waals surface area contributed by atoms with Gasteiger partial charge in [-0.05, 0) is 83.9 Å². The average molecular weight is 1170 g/mol. The van der Waals surface area contributed by atoms with Gasteiger partial charge in [0.1, 0.15) is 33.1 Å². The van der Waals surface area contributed by atoms with Crippen molar-refractivity contribution < 1.29 is 25.9 Å². The third-order valence-electron chi connectivity index (χ3n) is 11.1. The second-order valence-electron chi connectivity index (χ2n) is 16.4. The molecule has 0 radical (unpaired) electrons. The third-order valence-corrected chi connectivity index (χ3v) is 16.7. The van der Waals surface area contributed by atoms with E-state index < -0.39 is 30.0 Å². The van der Waals surface area contributed by atoms with E-state index in [1.807, 2.05) is 97.1 Å². The Labute approximate surface area is 503 Å². The summed E-state index contributed by atoms with van der Waals surface area (Å²) < 4.78 is 76.8. The van der Waals surface area contributed by atoms with Gasteiger partial charge in [0.05, 0.1) is 40.9 Å². The molecule has 78 heavy (non-hydrogen) atoms. The van der Waals surface area contributed by atoms with Crippen molar-refractivity contribution in [1.29, 1.82) is 0 Å². The number of fused-ring (bicyclic) bond motifs is 4. The summed E-state index contributed by atoms with van der Waals surface area (Å²) in [6.07, 6.45) is 2.61. The van der Waals surface area contributed by atoms with Crippen molar-refractivity contribution in [2.24, 2.45) is 0 Å². The van der Waals surface area contributed by atoms with Crippen molar-refractivity contribution >= 4 is 245 Å². The van der Waals surface area contributed by atoms with Gasteiger partial charge < -0.3 is 21.3 Å². The number of thiazole rings is 4. The molecule has 380 valence electrons. The Morgan fingerprint density at radius 2 is 0.654 bits per heavy atom. The minimum absolute atomic E-state index is 0. The van der Waals surface area contributed by atoms with Crippen LogP contribution in [0.15, 0.2) is 155 Å². The second-order valence-corrected chi connectivity index (χ2v) is 23.3. The van der Waals surface area contributed by atoms with Gasteiger partial charge in [-0.1, -0.05) is 118 Å². The Morgan fingerprint density at radius 3 is 0.962 bits per heavy atom. The van der Waals surface area contributed by atoms with E-state index in [-0.39, 0.29) is 105 Å². The molecular formula is C50H36N14Na2O6S6. The topological polar surface area (TPSA) is 284 Å². The summed E-state index contributed by atoms with van der Waals surface area (Å²) in [5, 5.41) is 21.3. The van der Waals surface area contributed by atoms with Crippen molar-refractivity contribution in [2.45, 2.75) is 9.79 Å². The van der Waals surface area contributed by atoms with Gasteiger partial charge in [-0.25, -0.2) is 19.9 Å². The van der Waals surface area contributed by atoms with Gasteiger partial charge in [0.25, 0.3) is 20.2 Å². The van der Waals surface area contributed by atoms with Crippen LogP contribution in [0.2, 0.25) is 0 Å². The number of anilines is 12. The van der Waals surface area contributed by atoms with E-state index in [0.29, 0.717) is 32.2 Å². The summed E-state index contributed by atoms with van der Waals surface area (Å²) in [5.74, 6) is 1.52. The Kier molecular flexibility index (Phi) is 16.1. The summed E-state index contributed by atoms with van der Waals surface area (Å²) in [4.78, 5) is 36.2. The molecule has 8 N–H and O–H groups in total. The van der Waals surface area contributed by atoms with Crippen LogP contribution in [-0.4, -0.2) is 125 Å². The molecule has 6 aromatic carbocycles. The van der Waals surface area contributed by atoms with Crippen molar-refractivity contribution in [3.05, 3.63) is 157 Å². The molecule has 20 nitrogen and oxygen atoms in total. The normalized spacial score (nSPS) is 11.7. The molecule has 0 saturated carbocycles. The maximum atomic E-state index is 13.0. The minimum atomic E-state index is -4.89. The monoisotopic (exact) mass is 1170 g/mol. The van der Waals surface area contributed by atoms with Crippen LogP contribution in [-0.2, 0) is 20.2 Å². The molecular weight excluding hydrogens is 1130 g/mol. The molecule has 0 amide bonds. The zero-order valence-electron chi connectivity index (χ0n) is 38.6. The van der Waals surface area contributed by atoms with Crippen LogP contribution in [0, 0.1) is 0 Å². The van der Waals surface area contributed by atoms with Gasteiger partial charge in [0.15, 0.2) is 20.5 Å². The van der Waals surface area contributed by atoms with E-state index in [2.05, 4.69) is 71.8 Å². The zero-order valence-corrected chi connectivity index (χ0v) is 43.5. The van der Waals surface area contributed by atoms with Crippen LogP contribution < -0.4 is 31.9 Å². The summed E-state index contributed by atoms with van der Waals surface area (Å²) in [6, 6.07) is 42.3. The molecule has 0 bridgehead atoms. The summed E-state index contributed by atoms with van der Waals surface area (Å²) in [5.41, 5.74) is 3.62. The van der Waals surface area contributed by atoms with Crippen molar-refractivity contribution in [3.63, 3.8) is 0 Å². The van der Waals surface area contributed by atoms with Crippen LogP contribution >= 0.6 is 45.3 Å². The molecule has 0 fully saturated rings. The molecule has 12 rings (SSSR count). The number of aromatic nitrogens is 8. The molecule has 0 spiro atoms. The van der Waals surface area contributed by atoms with Crippen LogP contribution in [0.4, 0.5) is 67.1 Å². The van der Waals surface area contributed by atoms with E-state index in [0.717, 1.165) is 40.9 Å². The number of benzene rings is 6. The standard InChI is InChI=1S/C50H34N14O6S6.2Na.2H/c65-75(66,67)39-23-29(51-41-25-43(61-47-53-31-9-1-5-13-35(31)71-47)59-45(57-41)63-49-55-33-11-3-7-15-37(33)73-49)21-19-27(39)17-18-28-20-22-30(24-40(28)76(68,69)70)52-42-26-44(62-48-54-32-10-2-6-14-36(32)72-48)60-46(58-42)64-50-56-34-12-4-8-16-38(34)74-50;;;;/h1-26H,(H,65,66,67)(H,68,69,70)(H3,51,53,55,57,59,61,63)(H3,52,54,56,58,60,62,64);;;;. The van der Waals surface area contributed by atoms with Gasteiger partial charge in [-0.15, -0.1) is 0 Å². The van der Waals surface area contributed by atoms with Gasteiger partial charge in [0, 0.05) is 23.5 Å². The van der Waals surface area contributed by atoms with Crippen LogP contribution in [0.25, 0.3) is 53.0 Å². The second kappa shape index (κ2) is 23.0. The predicted molar refractivity (Wildman–Crippen MR) is 318 cm³/mol. The number of para-hydroxylation sites is 4. The van der Waals surface area contributed by atoms with E-state index in [1.165, 1.54) is 81.8 Å². The molecule has 0 aliphatic carbocycles. The number of hydrogen-bond donors (Lipinski definition) is 8. The molecule has 6 heterocycles. The molecule has 0 atom stereocenters. The number of nitrogens with one attached hydrogen (secondary N) is 6. The Bertz CT molecular complexity index is 3900. The van der Waals surface area contributed by atoms with Crippen LogP contribution in [0.3, 0.4) is 0 Å². The van der Waals surface area contributed by atoms with Gasteiger partial charge in [-0.3, -0.25) is 19.7 Å². The van der Waals surface area contributed by atoms with Gasteiger partial charge in [-0.2, -0.15) is 36.8 Å². The van der Waals surface area contributed by atoms with E-state index in [9.17, 15) is 25.9 Å². The van der Waals surface area contributed by atoms with E-state index in [1.54, 1.807) is 24.3 Å². The molecule has 0 saturated heterocycles.